The predicted molar refractivity (Wildman–Crippen MR) is 119 cm³/mol. The first-order valence-electron chi connectivity index (χ1n) is 11.3. The van der Waals surface area contributed by atoms with Gasteiger partial charge in [-0.2, -0.15) is 0 Å². The molecular formula is C25H39NO4. The van der Waals surface area contributed by atoms with Gasteiger partial charge in [0.2, 0.25) is 0 Å². The van der Waals surface area contributed by atoms with Gasteiger partial charge in [-0.05, 0) is 51.0 Å². The van der Waals surface area contributed by atoms with Crippen molar-refractivity contribution in [2.75, 3.05) is 0 Å². The van der Waals surface area contributed by atoms with E-state index >= 15 is 0 Å². The highest BCUT2D eigenvalue weighted by molar-refractivity contribution is 5.85. The molecule has 0 bridgehead atoms. The van der Waals surface area contributed by atoms with E-state index in [1.165, 1.54) is 6.42 Å². The lowest BCUT2D eigenvalue weighted by atomic mass is 9.80. The van der Waals surface area contributed by atoms with Crippen molar-refractivity contribution in [2.45, 2.75) is 97.5 Å². The third-order valence-corrected chi connectivity index (χ3v) is 5.37. The van der Waals surface area contributed by atoms with Crippen molar-refractivity contribution in [3.05, 3.63) is 35.9 Å². The Hall–Kier alpha value is -1.88. The lowest BCUT2D eigenvalue weighted by Crippen LogP contribution is -2.53. The summed E-state index contributed by atoms with van der Waals surface area (Å²) >= 11 is 0. The van der Waals surface area contributed by atoms with Crippen LogP contribution in [0.3, 0.4) is 0 Å². The van der Waals surface area contributed by atoms with Crippen LogP contribution in [0.1, 0.15) is 78.7 Å². The van der Waals surface area contributed by atoms with Gasteiger partial charge in [0.05, 0.1) is 12.6 Å². The topological polar surface area (TPSA) is 64.6 Å². The van der Waals surface area contributed by atoms with Crippen molar-refractivity contribution in [1.29, 1.82) is 0 Å². The number of benzene rings is 1. The largest absolute Gasteiger partial charge is 0.444 e. The van der Waals surface area contributed by atoms with Crippen molar-refractivity contribution in [3.63, 3.8) is 0 Å². The van der Waals surface area contributed by atoms with Crippen LogP contribution in [0, 0.1) is 11.8 Å². The summed E-state index contributed by atoms with van der Waals surface area (Å²) < 4.78 is 11.7. The minimum Gasteiger partial charge on any atom is -0.444 e. The molecule has 30 heavy (non-hydrogen) atoms. The summed E-state index contributed by atoms with van der Waals surface area (Å²) in [5.41, 5.74) is 0.420. The van der Waals surface area contributed by atoms with Gasteiger partial charge in [0.25, 0.3) is 0 Å². The molecule has 0 heterocycles. The SMILES string of the molecule is CC(C)CC(=O)C(OCc1ccccc1)C(NC(=O)OC(C)(C)C)C1CCCCC1. The van der Waals surface area contributed by atoms with E-state index in [1.807, 2.05) is 65.0 Å². The standard InChI is InChI=1S/C25H39NO4/c1-18(2)16-21(27)23(29-17-19-12-8-6-9-13-19)22(20-14-10-7-11-15-20)26-24(28)30-25(3,4)5/h6,8-9,12-13,18,20,22-23H,7,10-11,14-17H2,1-5H3,(H,26,28). The Morgan fingerprint density at radius 2 is 1.70 bits per heavy atom. The Balaban J connectivity index is 2.23. The molecule has 1 aromatic carbocycles. The number of ketones is 1. The van der Waals surface area contributed by atoms with E-state index in [9.17, 15) is 9.59 Å². The smallest absolute Gasteiger partial charge is 0.407 e. The van der Waals surface area contributed by atoms with E-state index in [0.717, 1.165) is 31.2 Å². The molecule has 1 aliphatic carbocycles. The van der Waals surface area contributed by atoms with Gasteiger partial charge in [-0.3, -0.25) is 4.79 Å². The molecule has 0 radical (unpaired) electrons. The Morgan fingerprint density at radius 1 is 1.07 bits per heavy atom. The van der Waals surface area contributed by atoms with Crippen LogP contribution < -0.4 is 5.32 Å². The van der Waals surface area contributed by atoms with Crippen LogP contribution in [-0.4, -0.2) is 29.6 Å². The molecule has 2 rings (SSSR count). The summed E-state index contributed by atoms with van der Waals surface area (Å²) in [5.74, 6) is 0.490. The molecule has 1 aliphatic rings. The molecule has 0 spiro atoms. The number of nitrogens with one attached hydrogen (secondary N) is 1. The number of rotatable bonds is 9. The van der Waals surface area contributed by atoms with Crippen molar-refractivity contribution in [2.24, 2.45) is 11.8 Å². The van der Waals surface area contributed by atoms with Gasteiger partial charge in [-0.15, -0.1) is 0 Å². The summed E-state index contributed by atoms with van der Waals surface area (Å²) in [6.07, 6.45) is 4.67. The van der Waals surface area contributed by atoms with E-state index in [0.29, 0.717) is 13.0 Å². The fourth-order valence-corrected chi connectivity index (χ4v) is 4.05. The van der Waals surface area contributed by atoms with Gasteiger partial charge in [-0.25, -0.2) is 4.79 Å². The van der Waals surface area contributed by atoms with E-state index in [-0.39, 0.29) is 23.7 Å². The Kier molecular flexibility index (Phi) is 9.35. The zero-order valence-corrected chi connectivity index (χ0v) is 19.3. The maximum atomic E-state index is 13.2. The molecule has 1 amide bonds. The van der Waals surface area contributed by atoms with Crippen molar-refractivity contribution < 1.29 is 19.1 Å². The maximum Gasteiger partial charge on any atom is 0.407 e. The van der Waals surface area contributed by atoms with Gasteiger partial charge < -0.3 is 14.8 Å². The maximum absolute atomic E-state index is 13.2. The summed E-state index contributed by atoms with van der Waals surface area (Å²) in [4.78, 5) is 25.8. The number of ether oxygens (including phenoxy) is 2. The van der Waals surface area contributed by atoms with Gasteiger partial charge in [0, 0.05) is 6.42 Å². The zero-order chi connectivity index (χ0) is 22.1. The van der Waals surface area contributed by atoms with E-state index in [4.69, 9.17) is 9.47 Å². The van der Waals surface area contributed by atoms with Crippen molar-refractivity contribution >= 4 is 11.9 Å². The lowest BCUT2D eigenvalue weighted by Gasteiger charge is -2.36. The van der Waals surface area contributed by atoms with Crippen LogP contribution in [0.25, 0.3) is 0 Å². The van der Waals surface area contributed by atoms with Crippen LogP contribution in [0.5, 0.6) is 0 Å². The second-order valence-corrected chi connectivity index (χ2v) is 9.85. The number of hydrogen-bond acceptors (Lipinski definition) is 4. The zero-order valence-electron chi connectivity index (χ0n) is 19.3. The molecule has 1 N–H and O–H groups in total. The molecule has 0 aliphatic heterocycles. The number of alkyl carbamates (subject to hydrolysis) is 1. The van der Waals surface area contributed by atoms with Gasteiger partial charge in [0.15, 0.2) is 5.78 Å². The lowest BCUT2D eigenvalue weighted by molar-refractivity contribution is -0.135. The van der Waals surface area contributed by atoms with E-state index in [2.05, 4.69) is 5.32 Å². The molecular weight excluding hydrogens is 378 g/mol. The van der Waals surface area contributed by atoms with Crippen LogP contribution in [-0.2, 0) is 20.9 Å². The van der Waals surface area contributed by atoms with Gasteiger partial charge in [-0.1, -0.05) is 63.4 Å². The first-order valence-corrected chi connectivity index (χ1v) is 11.3. The average Bonchev–Trinajstić information content (AvgIpc) is 2.67. The molecule has 168 valence electrons. The molecule has 2 unspecified atom stereocenters. The quantitative estimate of drug-likeness (QED) is 0.563. The number of Topliss-reactive ketones (excluding diaryl/α,β-unsaturated/α-hetero) is 1. The van der Waals surface area contributed by atoms with Crippen LogP contribution >= 0.6 is 0 Å². The molecule has 2 atom stereocenters. The molecule has 0 saturated heterocycles. The van der Waals surface area contributed by atoms with Crippen molar-refractivity contribution in [1.82, 2.24) is 5.32 Å². The monoisotopic (exact) mass is 417 g/mol. The number of carbonyl (C=O) groups is 2. The normalized spacial score (nSPS) is 17.4. The van der Waals surface area contributed by atoms with Gasteiger partial charge in [0.1, 0.15) is 11.7 Å². The third kappa shape index (κ3) is 8.47. The van der Waals surface area contributed by atoms with Gasteiger partial charge >= 0.3 is 6.09 Å². The summed E-state index contributed by atoms with van der Waals surface area (Å²) in [6, 6.07) is 9.47. The third-order valence-electron chi connectivity index (χ3n) is 5.37. The molecule has 0 aromatic heterocycles. The Bertz CT molecular complexity index is 659. The fraction of sp³-hybridized carbons (Fsp3) is 0.680. The molecule has 5 heteroatoms. The summed E-state index contributed by atoms with van der Waals surface area (Å²) in [7, 11) is 0. The Morgan fingerprint density at radius 3 is 2.27 bits per heavy atom. The predicted octanol–water partition coefficient (Wildman–Crippen LogP) is 5.66. The summed E-state index contributed by atoms with van der Waals surface area (Å²) in [6.45, 7) is 9.93. The highest BCUT2D eigenvalue weighted by atomic mass is 16.6. The minimum absolute atomic E-state index is 0.0487. The molecule has 1 saturated carbocycles. The Labute approximate surface area is 181 Å². The van der Waals surface area contributed by atoms with Crippen LogP contribution in [0.15, 0.2) is 30.3 Å². The average molecular weight is 418 g/mol. The number of amides is 1. The summed E-state index contributed by atoms with van der Waals surface area (Å²) in [5, 5.41) is 3.03. The van der Waals surface area contributed by atoms with Crippen LogP contribution in [0.2, 0.25) is 0 Å². The highest BCUT2D eigenvalue weighted by Gasteiger charge is 2.37. The second-order valence-electron chi connectivity index (χ2n) is 9.85. The van der Waals surface area contributed by atoms with Crippen molar-refractivity contribution in [3.8, 4) is 0 Å². The fourth-order valence-electron chi connectivity index (χ4n) is 4.05. The second kappa shape index (κ2) is 11.5. The van der Waals surface area contributed by atoms with E-state index < -0.39 is 17.8 Å². The van der Waals surface area contributed by atoms with E-state index in [1.54, 1.807) is 0 Å². The van der Waals surface area contributed by atoms with Crippen LogP contribution in [0.4, 0.5) is 4.79 Å². The molecule has 1 fully saturated rings. The number of hydrogen-bond donors (Lipinski definition) is 1. The molecule has 5 nitrogen and oxygen atoms in total. The first kappa shape index (κ1) is 24.4. The number of carbonyl (C=O) groups excluding carboxylic acids is 2. The first-order chi connectivity index (χ1) is 14.2. The highest BCUT2D eigenvalue weighted by Crippen LogP contribution is 2.30. The minimum atomic E-state index is -0.678. The molecule has 1 aromatic rings.